The average molecular weight is 502 g/mol. The number of carbonyl (C=O) groups excluding carboxylic acids is 3. The van der Waals surface area contributed by atoms with E-state index in [0.29, 0.717) is 18.5 Å². The van der Waals surface area contributed by atoms with Crippen LogP contribution in [-0.4, -0.2) is 71.4 Å². The van der Waals surface area contributed by atoms with Gasteiger partial charge in [0.25, 0.3) is 5.91 Å². The van der Waals surface area contributed by atoms with Crippen LogP contribution in [0.25, 0.3) is 11.0 Å². The van der Waals surface area contributed by atoms with Gasteiger partial charge in [0.1, 0.15) is 6.04 Å². The fourth-order valence-corrected chi connectivity index (χ4v) is 5.82. The van der Waals surface area contributed by atoms with Gasteiger partial charge in [0.05, 0.1) is 5.39 Å². The van der Waals surface area contributed by atoms with Crippen molar-refractivity contribution in [1.82, 2.24) is 20.3 Å². The maximum absolute atomic E-state index is 13.0. The Hall–Kier alpha value is -3.72. The number of carbonyl (C=O) groups is 3. The van der Waals surface area contributed by atoms with Gasteiger partial charge in [-0.15, -0.1) is 0 Å². The van der Waals surface area contributed by atoms with Crippen LogP contribution in [-0.2, 0) is 22.6 Å². The molecule has 9 heteroatoms. The number of hydrogen-bond acceptors (Lipinski definition) is 7. The molecule has 0 saturated carbocycles. The van der Waals surface area contributed by atoms with E-state index in [2.05, 4.69) is 32.4 Å². The number of nitrogens with zero attached hydrogens (tertiary/aromatic N) is 4. The van der Waals surface area contributed by atoms with Gasteiger partial charge >= 0.3 is 0 Å². The molecule has 1 atom stereocenters. The van der Waals surface area contributed by atoms with E-state index < -0.39 is 6.04 Å². The van der Waals surface area contributed by atoms with Crippen LogP contribution in [0.4, 0.5) is 5.82 Å². The number of unbranched alkanes of at least 4 members (excludes halogenated alkanes) is 1. The van der Waals surface area contributed by atoms with Crippen LogP contribution in [0, 0.1) is 0 Å². The van der Waals surface area contributed by atoms with Crippen LogP contribution < -0.4 is 10.2 Å². The number of amides is 3. The van der Waals surface area contributed by atoms with E-state index in [1.165, 1.54) is 5.56 Å². The predicted octanol–water partition coefficient (Wildman–Crippen LogP) is 2.73. The monoisotopic (exact) mass is 501 g/mol. The van der Waals surface area contributed by atoms with Gasteiger partial charge in [-0.1, -0.05) is 29.4 Å². The number of aromatic nitrogens is 1. The van der Waals surface area contributed by atoms with Gasteiger partial charge in [0.15, 0.2) is 11.4 Å². The molecular weight excluding hydrogens is 470 g/mol. The van der Waals surface area contributed by atoms with Crippen molar-refractivity contribution in [1.29, 1.82) is 0 Å². The maximum Gasteiger partial charge on any atom is 0.255 e. The summed E-state index contributed by atoms with van der Waals surface area (Å²) in [5.74, 6) is 0.202. The van der Waals surface area contributed by atoms with Crippen molar-refractivity contribution in [3.8, 4) is 0 Å². The number of imide groups is 1. The summed E-state index contributed by atoms with van der Waals surface area (Å²) in [5.41, 5.74) is 3.74. The lowest BCUT2D eigenvalue weighted by Crippen LogP contribution is -2.52. The molecule has 0 radical (unpaired) electrons. The standard InChI is InChI=1S/C28H31N5O4/c34-25-12-11-23(27(35)29-25)33-18-22-19(7-5-9-20(22)28(33)36)6-3-4-13-31-14-16-32(17-15-31)26-21-8-1-2-10-24(21)37-30-26/h1-2,5,7-10,23H,3-4,6,11-18H2,(H,29,34,35). The first-order chi connectivity index (χ1) is 18.1. The Labute approximate surface area is 215 Å². The minimum absolute atomic E-state index is 0.107. The van der Waals surface area contributed by atoms with Crippen molar-refractivity contribution >= 4 is 34.5 Å². The van der Waals surface area contributed by atoms with Crippen LogP contribution in [0.5, 0.6) is 0 Å². The molecule has 2 saturated heterocycles. The molecule has 2 aromatic carbocycles. The second-order valence-electron chi connectivity index (χ2n) is 10.1. The second kappa shape index (κ2) is 9.97. The molecule has 192 valence electrons. The van der Waals surface area contributed by atoms with E-state index in [-0.39, 0.29) is 24.1 Å². The van der Waals surface area contributed by atoms with Gasteiger partial charge in [-0.2, -0.15) is 0 Å². The highest BCUT2D eigenvalue weighted by atomic mass is 16.5. The molecule has 0 spiro atoms. The molecule has 3 amide bonds. The molecule has 1 unspecified atom stereocenters. The molecule has 3 aliphatic heterocycles. The highest BCUT2D eigenvalue weighted by Crippen LogP contribution is 2.31. The molecule has 1 N–H and O–H groups in total. The van der Waals surface area contributed by atoms with Crippen LogP contribution in [0.3, 0.4) is 0 Å². The highest BCUT2D eigenvalue weighted by Gasteiger charge is 2.39. The Kier molecular flexibility index (Phi) is 6.38. The van der Waals surface area contributed by atoms with E-state index in [1.807, 2.05) is 30.3 Å². The number of rotatable bonds is 7. The lowest BCUT2D eigenvalue weighted by molar-refractivity contribution is -0.136. The lowest BCUT2D eigenvalue weighted by Gasteiger charge is -2.34. The Morgan fingerprint density at radius 3 is 2.65 bits per heavy atom. The summed E-state index contributed by atoms with van der Waals surface area (Å²) in [6, 6.07) is 13.3. The first-order valence-electron chi connectivity index (χ1n) is 13.2. The molecule has 6 rings (SSSR count). The van der Waals surface area contributed by atoms with Crippen molar-refractivity contribution in [2.24, 2.45) is 0 Å². The summed E-state index contributed by atoms with van der Waals surface area (Å²) < 4.78 is 5.48. The molecule has 0 aliphatic carbocycles. The highest BCUT2D eigenvalue weighted by molar-refractivity contribution is 6.05. The number of nitrogens with one attached hydrogen (secondary N) is 1. The predicted molar refractivity (Wildman–Crippen MR) is 138 cm³/mol. The van der Waals surface area contributed by atoms with E-state index >= 15 is 0 Å². The Morgan fingerprint density at radius 1 is 0.973 bits per heavy atom. The number of para-hydroxylation sites is 1. The molecule has 0 bridgehead atoms. The Morgan fingerprint density at radius 2 is 1.81 bits per heavy atom. The van der Waals surface area contributed by atoms with Crippen LogP contribution in [0.1, 0.15) is 47.2 Å². The molecule has 9 nitrogen and oxygen atoms in total. The Balaban J connectivity index is 0.998. The first kappa shape index (κ1) is 23.7. The van der Waals surface area contributed by atoms with E-state index in [0.717, 1.165) is 74.3 Å². The minimum Gasteiger partial charge on any atom is -0.354 e. The van der Waals surface area contributed by atoms with Crippen molar-refractivity contribution in [3.05, 3.63) is 59.2 Å². The number of fused-ring (bicyclic) bond motifs is 2. The van der Waals surface area contributed by atoms with Gasteiger partial charge < -0.3 is 14.3 Å². The van der Waals surface area contributed by atoms with Gasteiger partial charge in [0, 0.05) is 44.7 Å². The van der Waals surface area contributed by atoms with Crippen molar-refractivity contribution in [3.63, 3.8) is 0 Å². The molecule has 2 fully saturated rings. The largest absolute Gasteiger partial charge is 0.354 e. The van der Waals surface area contributed by atoms with Crippen molar-refractivity contribution in [2.45, 2.75) is 44.7 Å². The number of anilines is 1. The Bertz CT molecular complexity index is 1340. The zero-order valence-electron chi connectivity index (χ0n) is 20.8. The van der Waals surface area contributed by atoms with Gasteiger partial charge in [-0.25, -0.2) is 0 Å². The average Bonchev–Trinajstić information content (AvgIpc) is 3.49. The SMILES string of the molecule is O=C1CCC(N2Cc3c(CCCCN4CCN(c5noc6ccccc56)CC4)cccc3C2=O)C(=O)N1. The molecule has 37 heavy (non-hydrogen) atoms. The number of piperazine rings is 1. The van der Waals surface area contributed by atoms with Crippen molar-refractivity contribution < 1.29 is 18.9 Å². The summed E-state index contributed by atoms with van der Waals surface area (Å²) >= 11 is 0. The maximum atomic E-state index is 13.0. The van der Waals surface area contributed by atoms with Gasteiger partial charge in [-0.05, 0) is 61.6 Å². The summed E-state index contributed by atoms with van der Waals surface area (Å²) in [7, 11) is 0. The zero-order chi connectivity index (χ0) is 25.4. The van der Waals surface area contributed by atoms with E-state index in [4.69, 9.17) is 4.52 Å². The lowest BCUT2D eigenvalue weighted by atomic mass is 9.98. The number of piperidine rings is 1. The topological polar surface area (TPSA) is 99.0 Å². The van der Waals surface area contributed by atoms with Crippen molar-refractivity contribution in [2.75, 3.05) is 37.6 Å². The number of benzene rings is 2. The third kappa shape index (κ3) is 4.59. The van der Waals surface area contributed by atoms with E-state index in [9.17, 15) is 14.4 Å². The molecule has 3 aromatic rings. The van der Waals surface area contributed by atoms with Gasteiger partial charge in [-0.3, -0.25) is 24.6 Å². The summed E-state index contributed by atoms with van der Waals surface area (Å²) in [6.45, 7) is 5.34. The normalized spacial score (nSPS) is 20.5. The fraction of sp³-hybridized carbons (Fsp3) is 0.429. The number of hydrogen-bond donors (Lipinski definition) is 1. The smallest absolute Gasteiger partial charge is 0.255 e. The molecule has 4 heterocycles. The third-order valence-electron chi connectivity index (χ3n) is 7.88. The van der Waals surface area contributed by atoms with E-state index in [1.54, 1.807) is 4.90 Å². The fourth-order valence-electron chi connectivity index (χ4n) is 5.82. The summed E-state index contributed by atoms with van der Waals surface area (Å²) in [6.07, 6.45) is 3.69. The molecule has 1 aromatic heterocycles. The van der Waals surface area contributed by atoms with Crippen LogP contribution in [0.15, 0.2) is 47.0 Å². The van der Waals surface area contributed by atoms with Crippen LogP contribution in [0.2, 0.25) is 0 Å². The summed E-state index contributed by atoms with van der Waals surface area (Å²) in [5, 5.41) is 7.74. The van der Waals surface area contributed by atoms with Crippen LogP contribution >= 0.6 is 0 Å². The quantitative estimate of drug-likeness (QED) is 0.393. The number of aryl methyl sites for hydroxylation is 1. The first-order valence-corrected chi connectivity index (χ1v) is 13.2. The second-order valence-corrected chi connectivity index (χ2v) is 10.1. The zero-order valence-corrected chi connectivity index (χ0v) is 20.8. The minimum atomic E-state index is -0.570. The molecule has 3 aliphatic rings. The third-order valence-corrected chi connectivity index (χ3v) is 7.88. The van der Waals surface area contributed by atoms with Gasteiger partial charge in [0.2, 0.25) is 11.8 Å². The molecular formula is C28H31N5O4. The summed E-state index contributed by atoms with van der Waals surface area (Å²) in [4.78, 5) is 43.3.